The van der Waals surface area contributed by atoms with Crippen molar-refractivity contribution in [1.29, 1.82) is 5.26 Å². The minimum absolute atomic E-state index is 0.0112. The van der Waals surface area contributed by atoms with Crippen molar-refractivity contribution in [2.75, 3.05) is 14.2 Å². The lowest BCUT2D eigenvalue weighted by Gasteiger charge is -2.15. The van der Waals surface area contributed by atoms with E-state index in [-0.39, 0.29) is 18.0 Å². The Kier molecular flexibility index (Phi) is 7.52. The molecule has 1 N–H and O–H groups in total. The number of benzene rings is 2. The number of aromatic nitrogens is 1. The molecule has 0 fully saturated rings. The van der Waals surface area contributed by atoms with Crippen LogP contribution in [-0.4, -0.2) is 30.1 Å². The molecule has 0 saturated carbocycles. The largest absolute Gasteiger partial charge is 0.494 e. The summed E-state index contributed by atoms with van der Waals surface area (Å²) < 4.78 is 11.8. The second-order valence-electron chi connectivity index (χ2n) is 7.52. The smallest absolute Gasteiger partial charge is 0.271 e. The van der Waals surface area contributed by atoms with Crippen LogP contribution in [0.4, 0.5) is 5.69 Å². The van der Waals surface area contributed by atoms with Crippen LogP contribution in [0, 0.1) is 18.3 Å². The lowest BCUT2D eigenvalue weighted by atomic mass is 10.1. The maximum Gasteiger partial charge on any atom is 0.271 e. The van der Waals surface area contributed by atoms with E-state index in [1.807, 2.05) is 42.5 Å². The number of nitriles is 1. The molecule has 0 spiro atoms. The van der Waals surface area contributed by atoms with E-state index in [0.29, 0.717) is 34.7 Å². The Morgan fingerprint density at radius 1 is 1.09 bits per heavy atom. The van der Waals surface area contributed by atoms with Crippen LogP contribution in [-0.2, 0) is 19.4 Å². The molecule has 1 aromatic heterocycles. The molecule has 0 aliphatic rings. The summed E-state index contributed by atoms with van der Waals surface area (Å²) in [5.74, 6) is 0.967. The summed E-state index contributed by atoms with van der Waals surface area (Å²) in [5, 5.41) is 20.5. The van der Waals surface area contributed by atoms with E-state index < -0.39 is 5.56 Å². The summed E-state index contributed by atoms with van der Waals surface area (Å²) >= 11 is 0. The lowest BCUT2D eigenvalue weighted by Crippen LogP contribution is -2.26. The van der Waals surface area contributed by atoms with Gasteiger partial charge in [-0.1, -0.05) is 25.1 Å². The third-order valence-electron chi connectivity index (χ3n) is 5.61. The van der Waals surface area contributed by atoms with Gasteiger partial charge in [0.15, 0.2) is 11.5 Å². The maximum absolute atomic E-state index is 12.9. The van der Waals surface area contributed by atoms with Crippen LogP contribution in [0.3, 0.4) is 0 Å². The Morgan fingerprint density at radius 3 is 2.36 bits per heavy atom. The maximum atomic E-state index is 12.9. The Hall–Kier alpha value is -4.05. The average Bonchev–Trinajstić information content (AvgIpc) is 2.84. The summed E-state index contributed by atoms with van der Waals surface area (Å²) in [6, 6.07) is 15.2. The van der Waals surface area contributed by atoms with Crippen molar-refractivity contribution in [3.63, 3.8) is 0 Å². The first-order valence-electron chi connectivity index (χ1n) is 10.6. The van der Waals surface area contributed by atoms with Gasteiger partial charge in [0, 0.05) is 12.8 Å². The highest BCUT2D eigenvalue weighted by atomic mass is 16.5. The number of hydrogen-bond acceptors (Lipinski definition) is 6. The lowest BCUT2D eigenvalue weighted by molar-refractivity contribution is 0.354. The molecule has 3 aromatic rings. The predicted octanol–water partition coefficient (Wildman–Crippen LogP) is 4.31. The number of methoxy groups -OCH3 is 2. The normalized spacial score (nSPS) is 10.9. The molecule has 3 rings (SSSR count). The number of aromatic hydroxyl groups is 1. The molecule has 7 heteroatoms. The van der Waals surface area contributed by atoms with Gasteiger partial charge < -0.3 is 14.6 Å². The fraction of sp³-hybridized carbons (Fsp3) is 0.269. The zero-order valence-corrected chi connectivity index (χ0v) is 19.3. The number of ether oxygens (including phenoxy) is 2. The van der Waals surface area contributed by atoms with Crippen LogP contribution >= 0.6 is 0 Å². The molecule has 0 saturated heterocycles. The molecule has 0 unspecified atom stereocenters. The van der Waals surface area contributed by atoms with Crippen molar-refractivity contribution in [2.24, 2.45) is 4.99 Å². The van der Waals surface area contributed by atoms with Gasteiger partial charge in [-0.15, -0.1) is 0 Å². The second kappa shape index (κ2) is 10.5. The fourth-order valence-corrected chi connectivity index (χ4v) is 3.57. The number of rotatable bonds is 8. The molecule has 2 aromatic carbocycles. The first-order valence-corrected chi connectivity index (χ1v) is 10.6. The molecule has 0 atom stereocenters. The third-order valence-corrected chi connectivity index (χ3v) is 5.61. The molecule has 170 valence electrons. The van der Waals surface area contributed by atoms with Crippen molar-refractivity contribution in [3.8, 4) is 23.4 Å². The molecular weight excluding hydrogens is 418 g/mol. The van der Waals surface area contributed by atoms with E-state index in [2.05, 4.69) is 11.9 Å². The first kappa shape index (κ1) is 23.6. The second-order valence-corrected chi connectivity index (χ2v) is 7.52. The van der Waals surface area contributed by atoms with Crippen molar-refractivity contribution >= 4 is 11.9 Å². The number of aliphatic imine (C=N–C) groups is 1. The minimum atomic E-state index is -0.530. The monoisotopic (exact) mass is 445 g/mol. The fourth-order valence-electron chi connectivity index (χ4n) is 3.57. The Bertz CT molecular complexity index is 1270. The van der Waals surface area contributed by atoms with Gasteiger partial charge in [-0.25, -0.2) is 0 Å². The topological polar surface area (TPSA) is 96.8 Å². The van der Waals surface area contributed by atoms with Crippen LogP contribution in [0.1, 0.15) is 34.7 Å². The van der Waals surface area contributed by atoms with E-state index in [1.54, 1.807) is 27.2 Å². The predicted molar refractivity (Wildman–Crippen MR) is 128 cm³/mol. The van der Waals surface area contributed by atoms with Crippen molar-refractivity contribution in [2.45, 2.75) is 33.2 Å². The van der Waals surface area contributed by atoms with E-state index in [1.165, 1.54) is 16.3 Å². The summed E-state index contributed by atoms with van der Waals surface area (Å²) in [5.41, 5.74) is 3.01. The number of pyridine rings is 1. The van der Waals surface area contributed by atoms with E-state index >= 15 is 0 Å². The Labute approximate surface area is 193 Å². The molecule has 0 bridgehead atoms. The van der Waals surface area contributed by atoms with E-state index in [0.717, 1.165) is 12.0 Å². The average molecular weight is 446 g/mol. The number of nitrogens with zero attached hydrogens (tertiary/aromatic N) is 3. The van der Waals surface area contributed by atoms with Gasteiger partial charge in [-0.3, -0.25) is 14.4 Å². The highest BCUT2D eigenvalue weighted by Crippen LogP contribution is 2.28. The summed E-state index contributed by atoms with van der Waals surface area (Å²) in [6.45, 7) is 3.90. The van der Waals surface area contributed by atoms with Gasteiger partial charge in [-0.05, 0) is 60.7 Å². The zero-order valence-electron chi connectivity index (χ0n) is 19.3. The van der Waals surface area contributed by atoms with Crippen molar-refractivity contribution in [3.05, 3.63) is 80.6 Å². The van der Waals surface area contributed by atoms with Gasteiger partial charge in [0.05, 0.1) is 25.5 Å². The molecule has 7 nitrogen and oxygen atoms in total. The molecular formula is C26H27N3O4. The standard InChI is InChI=1S/C26H27N3O4/c1-5-18-6-9-20(10-7-18)28-16-22-17(2)21(15-27)25(30)29(26(22)31)13-12-19-8-11-23(32-3)24(14-19)33-4/h6-11,14,16,31H,5,12-13H2,1-4H3. The third kappa shape index (κ3) is 5.07. The van der Waals surface area contributed by atoms with Crippen LogP contribution in [0.25, 0.3) is 0 Å². The number of hydrogen-bond donors (Lipinski definition) is 1. The highest BCUT2D eigenvalue weighted by Gasteiger charge is 2.18. The van der Waals surface area contributed by atoms with Gasteiger partial charge in [0.2, 0.25) is 5.88 Å². The van der Waals surface area contributed by atoms with Gasteiger partial charge >= 0.3 is 0 Å². The molecule has 0 aliphatic carbocycles. The summed E-state index contributed by atoms with van der Waals surface area (Å²) in [7, 11) is 3.12. The van der Waals surface area contributed by atoms with Crippen molar-refractivity contribution in [1.82, 2.24) is 4.57 Å². The molecule has 0 amide bonds. The summed E-state index contributed by atoms with van der Waals surface area (Å²) in [4.78, 5) is 17.3. The SMILES string of the molecule is CCc1ccc(N=Cc2c(C)c(C#N)c(=O)n(CCc3ccc(OC)c(OC)c3)c2O)cc1. The van der Waals surface area contributed by atoms with Crippen LogP contribution < -0.4 is 15.0 Å². The molecule has 33 heavy (non-hydrogen) atoms. The van der Waals surface area contributed by atoms with Crippen molar-refractivity contribution < 1.29 is 14.6 Å². The van der Waals surface area contributed by atoms with E-state index in [4.69, 9.17) is 9.47 Å². The quantitative estimate of drug-likeness (QED) is 0.521. The van der Waals surface area contributed by atoms with Crippen LogP contribution in [0.5, 0.6) is 17.4 Å². The molecule has 1 heterocycles. The number of aryl methyl sites for hydroxylation is 2. The van der Waals surface area contributed by atoms with Gasteiger partial charge in [-0.2, -0.15) is 5.26 Å². The highest BCUT2D eigenvalue weighted by molar-refractivity contribution is 5.87. The van der Waals surface area contributed by atoms with Crippen LogP contribution in [0.15, 0.2) is 52.3 Å². The van der Waals surface area contributed by atoms with Crippen LogP contribution in [0.2, 0.25) is 0 Å². The Balaban J connectivity index is 1.96. The summed E-state index contributed by atoms with van der Waals surface area (Å²) in [6.07, 6.45) is 2.87. The molecule has 0 aliphatic heterocycles. The van der Waals surface area contributed by atoms with Gasteiger partial charge in [0.1, 0.15) is 11.6 Å². The van der Waals surface area contributed by atoms with Gasteiger partial charge in [0.25, 0.3) is 5.56 Å². The first-order chi connectivity index (χ1) is 15.9. The Morgan fingerprint density at radius 2 is 1.76 bits per heavy atom. The zero-order chi connectivity index (χ0) is 24.0. The minimum Gasteiger partial charge on any atom is -0.494 e. The molecule has 0 radical (unpaired) electrons. The van der Waals surface area contributed by atoms with E-state index in [9.17, 15) is 15.2 Å².